The SMILES string of the molecule is C[C@@H]1C[C@@H]1C(=O)CC1CCC=CCC1. The van der Waals surface area contributed by atoms with Crippen LogP contribution in [0.5, 0.6) is 0 Å². The molecule has 0 bridgehead atoms. The summed E-state index contributed by atoms with van der Waals surface area (Å²) in [5, 5.41) is 0. The van der Waals surface area contributed by atoms with Crippen LogP contribution in [0, 0.1) is 17.8 Å². The Bertz CT molecular complexity index is 232. The molecule has 0 heterocycles. The smallest absolute Gasteiger partial charge is 0.136 e. The molecule has 0 spiro atoms. The zero-order chi connectivity index (χ0) is 9.97. The third kappa shape index (κ3) is 2.46. The zero-order valence-electron chi connectivity index (χ0n) is 9.04. The van der Waals surface area contributed by atoms with Crippen LogP contribution < -0.4 is 0 Å². The van der Waals surface area contributed by atoms with Gasteiger partial charge in [-0.05, 0) is 43.9 Å². The van der Waals surface area contributed by atoms with Crippen molar-refractivity contribution in [1.82, 2.24) is 0 Å². The van der Waals surface area contributed by atoms with E-state index in [-0.39, 0.29) is 0 Å². The van der Waals surface area contributed by atoms with Gasteiger partial charge >= 0.3 is 0 Å². The van der Waals surface area contributed by atoms with Gasteiger partial charge in [-0.3, -0.25) is 4.79 Å². The van der Waals surface area contributed by atoms with Crippen molar-refractivity contribution < 1.29 is 4.79 Å². The van der Waals surface area contributed by atoms with Crippen LogP contribution in [0.15, 0.2) is 12.2 Å². The number of hydrogen-bond acceptors (Lipinski definition) is 1. The third-order valence-corrected chi connectivity index (χ3v) is 3.66. The highest BCUT2D eigenvalue weighted by molar-refractivity contribution is 5.83. The van der Waals surface area contributed by atoms with E-state index in [0.717, 1.165) is 12.8 Å². The average molecular weight is 192 g/mol. The first-order valence-electron chi connectivity index (χ1n) is 5.95. The Kier molecular flexibility index (Phi) is 3.05. The molecule has 2 aliphatic carbocycles. The summed E-state index contributed by atoms with van der Waals surface area (Å²) in [5.74, 6) is 2.34. The fourth-order valence-electron chi connectivity index (χ4n) is 2.45. The monoisotopic (exact) mass is 192 g/mol. The second-order valence-electron chi connectivity index (χ2n) is 4.98. The summed E-state index contributed by atoms with van der Waals surface area (Å²) in [6.45, 7) is 2.19. The predicted octanol–water partition coefficient (Wildman–Crippen LogP) is 3.35. The number of carbonyl (C=O) groups excluding carboxylic acids is 1. The molecular weight excluding hydrogens is 172 g/mol. The summed E-state index contributed by atoms with van der Waals surface area (Å²) in [7, 11) is 0. The van der Waals surface area contributed by atoms with Gasteiger partial charge in [0, 0.05) is 12.3 Å². The number of allylic oxidation sites excluding steroid dienone is 2. The Morgan fingerprint density at radius 3 is 2.36 bits per heavy atom. The minimum absolute atomic E-state index is 0.436. The lowest BCUT2D eigenvalue weighted by atomic mass is 9.92. The van der Waals surface area contributed by atoms with Crippen LogP contribution in [0.2, 0.25) is 0 Å². The second-order valence-corrected chi connectivity index (χ2v) is 4.98. The molecule has 78 valence electrons. The molecular formula is C13H20O. The van der Waals surface area contributed by atoms with Crippen LogP contribution in [0.25, 0.3) is 0 Å². The highest BCUT2D eigenvalue weighted by Gasteiger charge is 2.39. The predicted molar refractivity (Wildman–Crippen MR) is 58.0 cm³/mol. The van der Waals surface area contributed by atoms with Gasteiger partial charge in [-0.25, -0.2) is 0 Å². The molecule has 0 aromatic heterocycles. The maximum atomic E-state index is 11.8. The normalized spacial score (nSPS) is 32.6. The molecule has 0 aromatic carbocycles. The van der Waals surface area contributed by atoms with Gasteiger partial charge in [0.25, 0.3) is 0 Å². The van der Waals surface area contributed by atoms with Gasteiger partial charge < -0.3 is 0 Å². The van der Waals surface area contributed by atoms with Crippen molar-refractivity contribution in [3.05, 3.63) is 12.2 Å². The molecule has 1 nitrogen and oxygen atoms in total. The van der Waals surface area contributed by atoms with E-state index < -0.39 is 0 Å². The third-order valence-electron chi connectivity index (χ3n) is 3.66. The molecule has 0 aromatic rings. The van der Waals surface area contributed by atoms with E-state index in [1.807, 2.05) is 0 Å². The molecule has 14 heavy (non-hydrogen) atoms. The molecule has 0 unspecified atom stereocenters. The maximum Gasteiger partial charge on any atom is 0.136 e. The topological polar surface area (TPSA) is 17.1 Å². The Morgan fingerprint density at radius 1 is 1.29 bits per heavy atom. The highest BCUT2D eigenvalue weighted by atomic mass is 16.1. The maximum absolute atomic E-state index is 11.8. The number of Topliss-reactive ketones (excluding diaryl/α,β-unsaturated/α-hetero) is 1. The first-order valence-corrected chi connectivity index (χ1v) is 5.95. The van der Waals surface area contributed by atoms with Gasteiger partial charge in [0.2, 0.25) is 0 Å². The van der Waals surface area contributed by atoms with Crippen molar-refractivity contribution in [2.24, 2.45) is 17.8 Å². The highest BCUT2D eigenvalue weighted by Crippen LogP contribution is 2.40. The molecule has 0 N–H and O–H groups in total. The summed E-state index contributed by atoms with van der Waals surface area (Å²) in [5.41, 5.74) is 0. The lowest BCUT2D eigenvalue weighted by Crippen LogP contribution is -2.10. The van der Waals surface area contributed by atoms with Crippen LogP contribution in [0.1, 0.15) is 45.4 Å². The van der Waals surface area contributed by atoms with Gasteiger partial charge in [0.05, 0.1) is 0 Å². The molecule has 2 aliphatic rings. The summed E-state index contributed by atoms with van der Waals surface area (Å²) >= 11 is 0. The van der Waals surface area contributed by atoms with Crippen LogP contribution in [0.4, 0.5) is 0 Å². The van der Waals surface area contributed by atoms with Crippen LogP contribution in [-0.4, -0.2) is 5.78 Å². The van der Waals surface area contributed by atoms with Crippen molar-refractivity contribution in [2.45, 2.75) is 45.4 Å². The molecule has 1 saturated carbocycles. The van der Waals surface area contributed by atoms with Crippen molar-refractivity contribution in [3.63, 3.8) is 0 Å². The summed E-state index contributed by atoms with van der Waals surface area (Å²) in [6, 6.07) is 0. The fourth-order valence-corrected chi connectivity index (χ4v) is 2.45. The molecule has 2 atom stereocenters. The largest absolute Gasteiger partial charge is 0.299 e. The van der Waals surface area contributed by atoms with Gasteiger partial charge in [-0.15, -0.1) is 0 Å². The average Bonchev–Trinajstić information content (AvgIpc) is 2.90. The summed E-state index contributed by atoms with van der Waals surface area (Å²) < 4.78 is 0. The lowest BCUT2D eigenvalue weighted by molar-refractivity contribution is -0.121. The van der Waals surface area contributed by atoms with Gasteiger partial charge in [-0.2, -0.15) is 0 Å². The number of rotatable bonds is 3. The molecule has 0 saturated heterocycles. The minimum atomic E-state index is 0.436. The van der Waals surface area contributed by atoms with Crippen LogP contribution >= 0.6 is 0 Å². The lowest BCUT2D eigenvalue weighted by Gasteiger charge is -2.12. The van der Waals surface area contributed by atoms with E-state index in [1.165, 1.54) is 25.7 Å². The zero-order valence-corrected chi connectivity index (χ0v) is 9.04. The van der Waals surface area contributed by atoms with Crippen molar-refractivity contribution >= 4 is 5.78 Å². The Balaban J connectivity index is 1.76. The molecule has 0 aliphatic heterocycles. The number of hydrogen-bond donors (Lipinski definition) is 0. The second kappa shape index (κ2) is 4.29. The molecule has 1 fully saturated rings. The van der Waals surface area contributed by atoms with E-state index in [1.54, 1.807) is 0 Å². The molecule has 2 rings (SSSR count). The van der Waals surface area contributed by atoms with E-state index in [9.17, 15) is 4.79 Å². The molecule has 0 radical (unpaired) electrons. The minimum Gasteiger partial charge on any atom is -0.299 e. The first-order chi connectivity index (χ1) is 6.77. The van der Waals surface area contributed by atoms with Crippen molar-refractivity contribution in [1.29, 1.82) is 0 Å². The molecule has 1 heteroatoms. The van der Waals surface area contributed by atoms with Gasteiger partial charge in [0.15, 0.2) is 0 Å². The van der Waals surface area contributed by atoms with Crippen molar-refractivity contribution in [2.75, 3.05) is 0 Å². The Hall–Kier alpha value is -0.590. The number of carbonyl (C=O) groups is 1. The van der Waals surface area contributed by atoms with Gasteiger partial charge in [0.1, 0.15) is 5.78 Å². The van der Waals surface area contributed by atoms with E-state index in [4.69, 9.17) is 0 Å². The Labute approximate surface area is 86.6 Å². The molecule has 0 amide bonds. The quantitative estimate of drug-likeness (QED) is 0.627. The van der Waals surface area contributed by atoms with Crippen LogP contribution in [-0.2, 0) is 4.79 Å². The summed E-state index contributed by atoms with van der Waals surface area (Å²) in [6.07, 6.45) is 11.4. The van der Waals surface area contributed by atoms with Crippen molar-refractivity contribution in [3.8, 4) is 0 Å². The standard InChI is InChI=1S/C13H20O/c1-10-8-12(10)13(14)9-11-6-4-2-3-5-7-11/h2-3,10-12H,4-9H2,1H3/t10-,12+/m1/s1. The fraction of sp³-hybridized carbons (Fsp3) is 0.769. The summed E-state index contributed by atoms with van der Waals surface area (Å²) in [4.78, 5) is 11.8. The Morgan fingerprint density at radius 2 is 1.86 bits per heavy atom. The van der Waals surface area contributed by atoms with E-state index in [0.29, 0.717) is 23.5 Å². The van der Waals surface area contributed by atoms with Gasteiger partial charge in [-0.1, -0.05) is 19.1 Å². The van der Waals surface area contributed by atoms with E-state index >= 15 is 0 Å². The first kappa shape index (κ1) is 9.95. The van der Waals surface area contributed by atoms with Crippen LogP contribution in [0.3, 0.4) is 0 Å². The van der Waals surface area contributed by atoms with E-state index in [2.05, 4.69) is 19.1 Å². The number of ketones is 1.